The molecule has 0 saturated heterocycles. The normalized spacial score (nSPS) is 11.3. The summed E-state index contributed by atoms with van der Waals surface area (Å²) >= 11 is 7.87. The molecule has 0 unspecified atom stereocenters. The van der Waals surface area contributed by atoms with Crippen LogP contribution in [0.4, 0.5) is 5.69 Å². The molecule has 0 radical (unpaired) electrons. The largest absolute Gasteiger partial charge is 0.351 e. The van der Waals surface area contributed by atoms with Crippen molar-refractivity contribution in [2.45, 2.75) is 26.1 Å². The van der Waals surface area contributed by atoms with Gasteiger partial charge in [-0.15, -0.1) is 0 Å². The van der Waals surface area contributed by atoms with Crippen LogP contribution in [0.2, 0.25) is 5.02 Å². The number of thioether (sulfide) groups is 1. The second kappa shape index (κ2) is 11.8. The van der Waals surface area contributed by atoms with Gasteiger partial charge in [0.25, 0.3) is 5.91 Å². The summed E-state index contributed by atoms with van der Waals surface area (Å²) < 4.78 is 26.4. The first-order valence-corrected chi connectivity index (χ1v) is 14.3. The van der Waals surface area contributed by atoms with E-state index < -0.39 is 10.0 Å². The van der Waals surface area contributed by atoms with Crippen molar-refractivity contribution in [3.05, 3.63) is 99.6 Å². The van der Waals surface area contributed by atoms with Crippen molar-refractivity contribution < 1.29 is 13.2 Å². The Morgan fingerprint density at radius 1 is 1.03 bits per heavy atom. The van der Waals surface area contributed by atoms with Crippen LogP contribution < -0.4 is 9.62 Å². The molecule has 8 heteroatoms. The van der Waals surface area contributed by atoms with E-state index in [0.717, 1.165) is 38.8 Å². The van der Waals surface area contributed by atoms with Crippen molar-refractivity contribution in [1.29, 1.82) is 0 Å². The molecule has 1 N–H and O–H groups in total. The number of aryl methyl sites for hydroxylation is 2. The number of hydrogen-bond acceptors (Lipinski definition) is 4. The van der Waals surface area contributed by atoms with Crippen LogP contribution >= 0.6 is 23.4 Å². The highest BCUT2D eigenvalue weighted by molar-refractivity contribution is 7.98. The first-order valence-electron chi connectivity index (χ1n) is 10.9. The Labute approximate surface area is 211 Å². The molecule has 0 atom stereocenters. The molecule has 0 aromatic heterocycles. The van der Waals surface area contributed by atoms with Gasteiger partial charge in [0.05, 0.1) is 18.5 Å². The van der Waals surface area contributed by atoms with Gasteiger partial charge in [0.1, 0.15) is 0 Å². The molecule has 3 aromatic rings. The van der Waals surface area contributed by atoms with E-state index in [1.807, 2.05) is 56.3 Å². The summed E-state index contributed by atoms with van der Waals surface area (Å²) in [6.07, 6.45) is 1.21. The van der Waals surface area contributed by atoms with Gasteiger partial charge in [-0.2, -0.15) is 11.8 Å². The molecule has 3 aromatic carbocycles. The van der Waals surface area contributed by atoms with E-state index in [1.54, 1.807) is 36.0 Å². The maximum absolute atomic E-state index is 12.5. The molecule has 0 spiro atoms. The number of benzene rings is 3. The van der Waals surface area contributed by atoms with Crippen LogP contribution in [0.25, 0.3) is 0 Å². The Morgan fingerprint density at radius 2 is 1.74 bits per heavy atom. The van der Waals surface area contributed by atoms with Gasteiger partial charge < -0.3 is 5.32 Å². The minimum atomic E-state index is -3.48. The van der Waals surface area contributed by atoms with Crippen LogP contribution in [0.5, 0.6) is 0 Å². The molecule has 0 aliphatic rings. The van der Waals surface area contributed by atoms with Crippen LogP contribution in [0.1, 0.15) is 32.6 Å². The molecule has 0 saturated carbocycles. The fourth-order valence-electron chi connectivity index (χ4n) is 3.43. The van der Waals surface area contributed by atoms with Gasteiger partial charge in [-0.3, -0.25) is 9.10 Å². The van der Waals surface area contributed by atoms with Gasteiger partial charge in [-0.1, -0.05) is 54.1 Å². The number of halogens is 1. The number of carbonyl (C=O) groups is 1. The smallest absolute Gasteiger partial charge is 0.251 e. The van der Waals surface area contributed by atoms with Gasteiger partial charge >= 0.3 is 0 Å². The van der Waals surface area contributed by atoms with Crippen molar-refractivity contribution in [2.75, 3.05) is 22.9 Å². The predicted octanol–water partition coefficient (Wildman–Crippen LogP) is 5.59. The van der Waals surface area contributed by atoms with E-state index in [1.165, 1.54) is 10.6 Å². The van der Waals surface area contributed by atoms with Crippen molar-refractivity contribution >= 4 is 45.0 Å². The summed E-state index contributed by atoms with van der Waals surface area (Å²) in [5.41, 5.74) is 4.97. The number of carbonyl (C=O) groups excluding carboxylic acids is 1. The lowest BCUT2D eigenvalue weighted by molar-refractivity contribution is 0.0956. The number of sulfonamides is 1. The van der Waals surface area contributed by atoms with E-state index in [2.05, 4.69) is 5.32 Å². The number of nitrogens with zero attached hydrogens (tertiary/aromatic N) is 1. The molecular formula is C26H29ClN2O3S2. The Kier molecular flexibility index (Phi) is 9.05. The maximum Gasteiger partial charge on any atom is 0.251 e. The average Bonchev–Trinajstić information content (AvgIpc) is 2.79. The summed E-state index contributed by atoms with van der Waals surface area (Å²) in [5.74, 6) is 1.41. The van der Waals surface area contributed by atoms with E-state index >= 15 is 0 Å². The highest BCUT2D eigenvalue weighted by Gasteiger charge is 2.20. The zero-order valence-electron chi connectivity index (χ0n) is 19.5. The molecule has 0 aliphatic heterocycles. The molecule has 180 valence electrons. The number of anilines is 1. The molecule has 0 heterocycles. The summed E-state index contributed by atoms with van der Waals surface area (Å²) in [6, 6.07) is 20.5. The minimum absolute atomic E-state index is 0.153. The van der Waals surface area contributed by atoms with Gasteiger partial charge in [-0.05, 0) is 60.4 Å². The Morgan fingerprint density at radius 3 is 2.41 bits per heavy atom. The summed E-state index contributed by atoms with van der Waals surface area (Å²) in [6.45, 7) is 4.58. The molecule has 3 rings (SSSR count). The van der Waals surface area contributed by atoms with E-state index in [0.29, 0.717) is 17.8 Å². The van der Waals surface area contributed by atoms with Crippen LogP contribution in [0, 0.1) is 13.8 Å². The lowest BCUT2D eigenvalue weighted by Gasteiger charge is -2.25. The Bertz CT molecular complexity index is 1250. The fourth-order valence-corrected chi connectivity index (χ4v) is 5.51. The predicted molar refractivity (Wildman–Crippen MR) is 143 cm³/mol. The lowest BCUT2D eigenvalue weighted by Crippen LogP contribution is -2.30. The summed E-state index contributed by atoms with van der Waals surface area (Å²) in [7, 11) is -3.48. The first kappa shape index (κ1) is 26.1. The van der Waals surface area contributed by atoms with Crippen molar-refractivity contribution in [2.24, 2.45) is 0 Å². The topological polar surface area (TPSA) is 66.5 Å². The zero-order chi connectivity index (χ0) is 24.7. The highest BCUT2D eigenvalue weighted by atomic mass is 35.5. The van der Waals surface area contributed by atoms with Crippen molar-refractivity contribution in [3.63, 3.8) is 0 Å². The molecule has 1 amide bonds. The molecule has 5 nitrogen and oxygen atoms in total. The van der Waals surface area contributed by atoms with Crippen LogP contribution in [-0.4, -0.2) is 32.9 Å². The quantitative estimate of drug-likeness (QED) is 0.357. The molecular weight excluding hydrogens is 488 g/mol. The first-order chi connectivity index (χ1) is 16.1. The summed E-state index contributed by atoms with van der Waals surface area (Å²) in [5, 5.41) is 3.68. The lowest BCUT2D eigenvalue weighted by atomic mass is 10.1. The minimum Gasteiger partial charge on any atom is -0.351 e. The van der Waals surface area contributed by atoms with Gasteiger partial charge in [0.2, 0.25) is 10.0 Å². The van der Waals surface area contributed by atoms with E-state index in [9.17, 15) is 13.2 Å². The second-order valence-corrected chi connectivity index (χ2v) is 11.6. The number of nitrogens with one attached hydrogen (secondary N) is 1. The summed E-state index contributed by atoms with van der Waals surface area (Å²) in [4.78, 5) is 12.5. The Balaban J connectivity index is 1.56. The molecule has 0 bridgehead atoms. The molecule has 0 fully saturated rings. The van der Waals surface area contributed by atoms with Gasteiger partial charge in [0, 0.05) is 28.6 Å². The fraction of sp³-hybridized carbons (Fsp3) is 0.269. The second-order valence-electron chi connectivity index (χ2n) is 8.16. The third-order valence-corrected chi connectivity index (χ3v) is 7.83. The van der Waals surface area contributed by atoms with Crippen molar-refractivity contribution in [3.8, 4) is 0 Å². The molecule has 0 aliphatic carbocycles. The van der Waals surface area contributed by atoms with Crippen molar-refractivity contribution in [1.82, 2.24) is 5.32 Å². The van der Waals surface area contributed by atoms with Gasteiger partial charge in [0.15, 0.2) is 0 Å². The highest BCUT2D eigenvalue weighted by Crippen LogP contribution is 2.26. The van der Waals surface area contributed by atoms with E-state index in [-0.39, 0.29) is 12.5 Å². The maximum atomic E-state index is 12.5. The standard InChI is InChI=1S/C26H29ClN2O3S2/c1-19-8-9-20(2)25(16-19)29(34(3,31)32)17-21-10-12-22(13-11-21)26(30)28-14-15-33-18-23-6-4-5-7-24(23)27/h4-13,16H,14-15,17-18H2,1-3H3,(H,28,30). The number of hydrogen-bond donors (Lipinski definition) is 1. The number of rotatable bonds is 10. The van der Waals surface area contributed by atoms with Crippen LogP contribution in [0.3, 0.4) is 0 Å². The van der Waals surface area contributed by atoms with Crippen LogP contribution in [0.15, 0.2) is 66.7 Å². The van der Waals surface area contributed by atoms with Crippen LogP contribution in [-0.2, 0) is 22.3 Å². The monoisotopic (exact) mass is 516 g/mol. The third-order valence-electron chi connectivity index (χ3n) is 5.32. The third kappa shape index (κ3) is 7.26. The van der Waals surface area contributed by atoms with Gasteiger partial charge in [-0.25, -0.2) is 8.42 Å². The number of amides is 1. The SMILES string of the molecule is Cc1ccc(C)c(N(Cc2ccc(C(=O)NCCSCc3ccccc3Cl)cc2)S(C)(=O)=O)c1. The van der Waals surface area contributed by atoms with E-state index in [4.69, 9.17) is 11.6 Å². The Hall–Kier alpha value is -2.48. The zero-order valence-corrected chi connectivity index (χ0v) is 21.9. The molecule has 34 heavy (non-hydrogen) atoms. The average molecular weight is 517 g/mol.